The Balaban J connectivity index is 2.69. The molecule has 0 aliphatic rings. The number of carbonyl (C=O) groups is 1. The third-order valence-corrected chi connectivity index (χ3v) is 3.87. The predicted molar refractivity (Wildman–Crippen MR) is 78.8 cm³/mol. The lowest BCUT2D eigenvalue weighted by atomic mass is 10.1. The highest BCUT2D eigenvalue weighted by atomic mass is 32.2. The van der Waals surface area contributed by atoms with E-state index in [-0.39, 0.29) is 17.9 Å². The largest absolute Gasteiger partial charge is 0.350 e. The highest BCUT2D eigenvalue weighted by Crippen LogP contribution is 2.10. The number of nitrogens with one attached hydrogen (secondary N) is 2. The van der Waals surface area contributed by atoms with E-state index in [1.54, 1.807) is 12.1 Å². The van der Waals surface area contributed by atoms with Crippen LogP contribution in [-0.2, 0) is 21.2 Å². The van der Waals surface area contributed by atoms with Gasteiger partial charge in [-0.15, -0.1) is 0 Å². The molecule has 0 spiro atoms. The number of benzene rings is 1. The number of nitriles is 1. The average molecular weight is 309 g/mol. The third kappa shape index (κ3) is 5.94. The first-order valence-electron chi connectivity index (χ1n) is 6.40. The van der Waals surface area contributed by atoms with Crippen LogP contribution in [0.3, 0.4) is 0 Å². The lowest BCUT2D eigenvalue weighted by Crippen LogP contribution is -2.45. The summed E-state index contributed by atoms with van der Waals surface area (Å²) in [5.74, 6) is -0.396. The Labute approximate surface area is 125 Å². The summed E-state index contributed by atoms with van der Waals surface area (Å²) >= 11 is 0. The van der Waals surface area contributed by atoms with Crippen molar-refractivity contribution in [2.24, 2.45) is 0 Å². The second kappa shape index (κ2) is 6.70. The molecular weight excluding hydrogens is 290 g/mol. The van der Waals surface area contributed by atoms with Crippen LogP contribution < -0.4 is 10.0 Å². The first-order chi connectivity index (χ1) is 9.64. The molecule has 0 heterocycles. The van der Waals surface area contributed by atoms with Gasteiger partial charge in [0.15, 0.2) is 0 Å². The van der Waals surface area contributed by atoms with Crippen LogP contribution in [0.1, 0.15) is 26.3 Å². The van der Waals surface area contributed by atoms with E-state index >= 15 is 0 Å². The predicted octanol–water partition coefficient (Wildman–Crippen LogP) is 0.946. The zero-order chi connectivity index (χ0) is 16.1. The second-order valence-electron chi connectivity index (χ2n) is 5.60. The van der Waals surface area contributed by atoms with E-state index < -0.39 is 21.5 Å². The molecule has 1 amide bonds. The van der Waals surface area contributed by atoms with E-state index in [1.807, 2.05) is 26.8 Å². The molecule has 0 unspecified atom stereocenters. The zero-order valence-electron chi connectivity index (χ0n) is 12.3. The molecule has 21 heavy (non-hydrogen) atoms. The minimum Gasteiger partial charge on any atom is -0.350 e. The molecule has 114 valence electrons. The van der Waals surface area contributed by atoms with Crippen molar-refractivity contribution in [1.29, 1.82) is 5.26 Å². The number of hydrogen-bond acceptors (Lipinski definition) is 4. The second-order valence-corrected chi connectivity index (χ2v) is 7.37. The lowest BCUT2D eigenvalue weighted by molar-refractivity contribution is -0.121. The van der Waals surface area contributed by atoms with Gasteiger partial charge in [0.1, 0.15) is 0 Å². The van der Waals surface area contributed by atoms with Gasteiger partial charge in [-0.25, -0.2) is 13.1 Å². The van der Waals surface area contributed by atoms with Crippen molar-refractivity contribution in [3.05, 3.63) is 29.8 Å². The summed E-state index contributed by atoms with van der Waals surface area (Å²) in [6, 6.07) is 7.97. The van der Waals surface area contributed by atoms with Gasteiger partial charge in [0.2, 0.25) is 15.9 Å². The highest BCUT2D eigenvalue weighted by molar-refractivity contribution is 7.89. The molecule has 1 rings (SSSR count). The molecule has 0 saturated carbocycles. The molecule has 0 bridgehead atoms. The van der Waals surface area contributed by atoms with Gasteiger partial charge in [0.25, 0.3) is 0 Å². The van der Waals surface area contributed by atoms with Gasteiger partial charge in [-0.3, -0.25) is 4.79 Å². The van der Waals surface area contributed by atoms with Crippen LogP contribution in [0.25, 0.3) is 0 Å². The number of rotatable bonds is 5. The van der Waals surface area contributed by atoms with E-state index in [1.165, 1.54) is 12.1 Å². The van der Waals surface area contributed by atoms with Crippen molar-refractivity contribution < 1.29 is 13.2 Å². The smallest absolute Gasteiger partial charge is 0.241 e. The maximum Gasteiger partial charge on any atom is 0.241 e. The minimum absolute atomic E-state index is 0.0627. The summed E-state index contributed by atoms with van der Waals surface area (Å²) in [6.45, 7) is 5.12. The molecule has 0 aliphatic heterocycles. The molecule has 1 aromatic rings. The quantitative estimate of drug-likeness (QED) is 0.845. The molecule has 6 nitrogen and oxygen atoms in total. The van der Waals surface area contributed by atoms with Gasteiger partial charge >= 0.3 is 0 Å². The fraction of sp³-hybridized carbons (Fsp3) is 0.429. The van der Waals surface area contributed by atoms with Crippen molar-refractivity contribution in [2.75, 3.05) is 6.54 Å². The monoisotopic (exact) mass is 309 g/mol. The molecule has 0 fully saturated rings. The van der Waals surface area contributed by atoms with Crippen molar-refractivity contribution >= 4 is 15.9 Å². The van der Waals surface area contributed by atoms with E-state index in [9.17, 15) is 13.2 Å². The maximum absolute atomic E-state index is 12.0. The highest BCUT2D eigenvalue weighted by Gasteiger charge is 2.18. The molecule has 0 radical (unpaired) electrons. The Morgan fingerprint density at radius 1 is 1.24 bits per heavy atom. The van der Waals surface area contributed by atoms with Gasteiger partial charge in [-0.05, 0) is 38.5 Å². The van der Waals surface area contributed by atoms with Crippen molar-refractivity contribution in [1.82, 2.24) is 10.0 Å². The van der Waals surface area contributed by atoms with E-state index in [4.69, 9.17) is 5.26 Å². The molecule has 0 atom stereocenters. The van der Waals surface area contributed by atoms with Crippen LogP contribution in [-0.4, -0.2) is 26.4 Å². The SMILES string of the molecule is CC(C)(C)NC(=O)CNS(=O)(=O)c1ccc(CC#N)cc1. The number of carbonyl (C=O) groups excluding carboxylic acids is 1. The standard InChI is InChI=1S/C14H19N3O3S/c1-14(2,3)17-13(18)10-16-21(19,20)12-6-4-11(5-7-12)8-9-15/h4-7,16H,8,10H2,1-3H3,(H,17,18). The van der Waals surface area contributed by atoms with Gasteiger partial charge in [0.05, 0.1) is 23.9 Å². The fourth-order valence-corrected chi connectivity index (χ4v) is 2.57. The Morgan fingerprint density at radius 2 is 1.81 bits per heavy atom. The Kier molecular flexibility index (Phi) is 5.47. The summed E-state index contributed by atoms with van der Waals surface area (Å²) in [6.07, 6.45) is 0.224. The zero-order valence-corrected chi connectivity index (χ0v) is 13.1. The lowest BCUT2D eigenvalue weighted by Gasteiger charge is -2.20. The molecule has 0 saturated heterocycles. The summed E-state index contributed by atoms with van der Waals surface area (Å²) in [5.41, 5.74) is 0.323. The number of sulfonamides is 1. The Bertz CT molecular complexity index is 638. The van der Waals surface area contributed by atoms with Crippen LogP contribution in [0.2, 0.25) is 0 Å². The number of hydrogen-bond donors (Lipinski definition) is 2. The van der Waals surface area contributed by atoms with Gasteiger partial charge < -0.3 is 5.32 Å². The van der Waals surface area contributed by atoms with Crippen molar-refractivity contribution in [3.63, 3.8) is 0 Å². The Morgan fingerprint density at radius 3 is 2.29 bits per heavy atom. The molecule has 0 aliphatic carbocycles. The number of amides is 1. The van der Waals surface area contributed by atoms with E-state index in [2.05, 4.69) is 10.0 Å². The molecule has 0 aromatic heterocycles. The molecular formula is C14H19N3O3S. The summed E-state index contributed by atoms with van der Waals surface area (Å²) in [4.78, 5) is 11.7. The van der Waals surface area contributed by atoms with Crippen LogP contribution in [0, 0.1) is 11.3 Å². The van der Waals surface area contributed by atoms with E-state index in [0.717, 1.165) is 5.56 Å². The van der Waals surface area contributed by atoms with Gasteiger partial charge in [0, 0.05) is 5.54 Å². The van der Waals surface area contributed by atoms with Crippen LogP contribution in [0.15, 0.2) is 29.2 Å². The first kappa shape index (κ1) is 17.1. The van der Waals surface area contributed by atoms with Crippen molar-refractivity contribution in [2.45, 2.75) is 37.6 Å². The van der Waals surface area contributed by atoms with Crippen LogP contribution in [0.5, 0.6) is 0 Å². The van der Waals surface area contributed by atoms with Gasteiger partial charge in [-0.2, -0.15) is 5.26 Å². The normalized spacial score (nSPS) is 11.7. The topological polar surface area (TPSA) is 99.1 Å². The maximum atomic E-state index is 12.0. The number of nitrogens with zero attached hydrogens (tertiary/aromatic N) is 1. The van der Waals surface area contributed by atoms with Crippen LogP contribution >= 0.6 is 0 Å². The summed E-state index contributed by atoms with van der Waals surface area (Å²) in [7, 11) is -3.74. The summed E-state index contributed by atoms with van der Waals surface area (Å²) < 4.78 is 26.3. The summed E-state index contributed by atoms with van der Waals surface area (Å²) in [5, 5.41) is 11.2. The van der Waals surface area contributed by atoms with Gasteiger partial charge in [-0.1, -0.05) is 12.1 Å². The molecule has 2 N–H and O–H groups in total. The average Bonchev–Trinajstić information content (AvgIpc) is 2.36. The van der Waals surface area contributed by atoms with Crippen molar-refractivity contribution in [3.8, 4) is 6.07 Å². The molecule has 1 aromatic carbocycles. The first-order valence-corrected chi connectivity index (χ1v) is 7.89. The third-order valence-electron chi connectivity index (χ3n) is 2.45. The van der Waals surface area contributed by atoms with Crippen LogP contribution in [0.4, 0.5) is 0 Å². The molecule has 7 heteroatoms. The minimum atomic E-state index is -3.74. The van der Waals surface area contributed by atoms with E-state index in [0.29, 0.717) is 0 Å². The Hall–Kier alpha value is -1.91. The fourth-order valence-electron chi connectivity index (χ4n) is 1.58.